The summed E-state index contributed by atoms with van der Waals surface area (Å²) in [5, 5.41) is 2.51. The molecule has 100 valence electrons. The van der Waals surface area contributed by atoms with E-state index in [1.807, 2.05) is 6.92 Å². The zero-order valence-corrected chi connectivity index (χ0v) is 10.4. The lowest BCUT2D eigenvalue weighted by molar-refractivity contribution is -0.129. The minimum Gasteiger partial charge on any atom is -0.321 e. The second-order valence-electron chi connectivity index (χ2n) is 4.33. The summed E-state index contributed by atoms with van der Waals surface area (Å²) in [6, 6.07) is 4.88. The molecule has 0 aromatic heterocycles. The van der Waals surface area contributed by atoms with Crippen molar-refractivity contribution in [3.63, 3.8) is 0 Å². The van der Waals surface area contributed by atoms with Crippen molar-refractivity contribution < 1.29 is 14.0 Å². The molecule has 0 aliphatic carbocycles. The Morgan fingerprint density at radius 1 is 1.47 bits per heavy atom. The van der Waals surface area contributed by atoms with Gasteiger partial charge in [-0.1, -0.05) is 19.1 Å². The lowest BCUT2D eigenvalue weighted by atomic mass is 9.95. The van der Waals surface area contributed by atoms with Gasteiger partial charge in [0.05, 0.1) is 6.04 Å². The fourth-order valence-electron chi connectivity index (χ4n) is 1.87. The standard InChI is InChI=1S/C13H14FN3O2/c1-2-9(15)11-16-12(18)10(13(19)17-11)7-4-3-5-8(14)6-7/h3-6,9-10H,2,15H2,1H3,(H,16,17,18,19). The SMILES string of the molecule is CCC(N)C1=NC(=O)C(c2cccc(F)c2)C(=O)N1. The highest BCUT2D eigenvalue weighted by molar-refractivity contribution is 6.20. The van der Waals surface area contributed by atoms with Crippen LogP contribution in [0.25, 0.3) is 0 Å². The fourth-order valence-corrected chi connectivity index (χ4v) is 1.87. The van der Waals surface area contributed by atoms with Gasteiger partial charge in [-0.25, -0.2) is 4.39 Å². The molecule has 1 aliphatic rings. The number of amides is 2. The molecule has 0 fully saturated rings. The smallest absolute Gasteiger partial charge is 0.264 e. The van der Waals surface area contributed by atoms with Crippen LogP contribution in [0.3, 0.4) is 0 Å². The van der Waals surface area contributed by atoms with Gasteiger partial charge < -0.3 is 11.1 Å². The first-order valence-corrected chi connectivity index (χ1v) is 5.97. The van der Waals surface area contributed by atoms with E-state index in [0.717, 1.165) is 6.07 Å². The third kappa shape index (κ3) is 2.68. The maximum Gasteiger partial charge on any atom is 0.264 e. The number of hydrogen-bond donors (Lipinski definition) is 2. The Morgan fingerprint density at radius 2 is 2.21 bits per heavy atom. The van der Waals surface area contributed by atoms with Crippen LogP contribution in [0.1, 0.15) is 24.8 Å². The maximum absolute atomic E-state index is 13.1. The molecule has 6 heteroatoms. The van der Waals surface area contributed by atoms with Gasteiger partial charge in [0.2, 0.25) is 5.91 Å². The van der Waals surface area contributed by atoms with E-state index in [2.05, 4.69) is 10.3 Å². The number of amidine groups is 1. The number of hydrogen-bond acceptors (Lipinski definition) is 3. The Labute approximate surface area is 109 Å². The van der Waals surface area contributed by atoms with E-state index in [0.29, 0.717) is 6.42 Å². The van der Waals surface area contributed by atoms with Crippen LogP contribution in [0.2, 0.25) is 0 Å². The van der Waals surface area contributed by atoms with Crippen molar-refractivity contribution in [2.24, 2.45) is 10.7 Å². The van der Waals surface area contributed by atoms with E-state index in [1.54, 1.807) is 0 Å². The van der Waals surface area contributed by atoms with Crippen molar-refractivity contribution in [2.45, 2.75) is 25.3 Å². The molecule has 1 aliphatic heterocycles. The number of benzene rings is 1. The van der Waals surface area contributed by atoms with Gasteiger partial charge in [0.15, 0.2) is 0 Å². The lowest BCUT2D eigenvalue weighted by Crippen LogP contribution is -2.50. The summed E-state index contributed by atoms with van der Waals surface area (Å²) in [5.41, 5.74) is 6.01. The van der Waals surface area contributed by atoms with Crippen molar-refractivity contribution in [3.05, 3.63) is 35.6 Å². The van der Waals surface area contributed by atoms with Crippen molar-refractivity contribution >= 4 is 17.6 Å². The topological polar surface area (TPSA) is 84.5 Å². The molecule has 0 saturated heterocycles. The number of nitrogens with zero attached hydrogens (tertiary/aromatic N) is 1. The van der Waals surface area contributed by atoms with Gasteiger partial charge in [0.25, 0.3) is 5.91 Å². The normalized spacial score (nSPS) is 20.8. The molecule has 2 atom stereocenters. The summed E-state index contributed by atoms with van der Waals surface area (Å²) in [6.45, 7) is 1.82. The third-order valence-corrected chi connectivity index (χ3v) is 2.96. The Hall–Kier alpha value is -2.08. The van der Waals surface area contributed by atoms with Gasteiger partial charge in [0, 0.05) is 0 Å². The minimum atomic E-state index is -1.11. The lowest BCUT2D eigenvalue weighted by Gasteiger charge is -2.23. The van der Waals surface area contributed by atoms with Crippen LogP contribution >= 0.6 is 0 Å². The predicted octanol–water partition coefficient (Wildman–Crippen LogP) is 0.702. The first-order chi connectivity index (χ1) is 9.02. The predicted molar refractivity (Wildman–Crippen MR) is 68.0 cm³/mol. The quantitative estimate of drug-likeness (QED) is 0.787. The van der Waals surface area contributed by atoms with Crippen molar-refractivity contribution in [1.82, 2.24) is 5.32 Å². The first kappa shape index (κ1) is 13.4. The van der Waals surface area contributed by atoms with E-state index < -0.39 is 29.6 Å². The van der Waals surface area contributed by atoms with Crippen LogP contribution in [-0.4, -0.2) is 23.7 Å². The van der Waals surface area contributed by atoms with Crippen molar-refractivity contribution in [3.8, 4) is 0 Å². The van der Waals surface area contributed by atoms with Crippen LogP contribution in [-0.2, 0) is 9.59 Å². The van der Waals surface area contributed by atoms with Gasteiger partial charge in [0.1, 0.15) is 17.6 Å². The van der Waals surface area contributed by atoms with Crippen molar-refractivity contribution in [1.29, 1.82) is 0 Å². The van der Waals surface area contributed by atoms with E-state index in [1.165, 1.54) is 18.2 Å². The summed E-state index contributed by atoms with van der Waals surface area (Å²) in [7, 11) is 0. The molecule has 1 heterocycles. The Morgan fingerprint density at radius 3 is 2.79 bits per heavy atom. The Balaban J connectivity index is 2.33. The van der Waals surface area contributed by atoms with E-state index in [9.17, 15) is 14.0 Å². The number of nitrogens with one attached hydrogen (secondary N) is 1. The molecular weight excluding hydrogens is 249 g/mol. The zero-order valence-electron chi connectivity index (χ0n) is 10.4. The molecule has 3 N–H and O–H groups in total. The molecule has 0 saturated carbocycles. The summed E-state index contributed by atoms with van der Waals surface area (Å²) in [4.78, 5) is 27.7. The largest absolute Gasteiger partial charge is 0.321 e. The van der Waals surface area contributed by atoms with E-state index >= 15 is 0 Å². The maximum atomic E-state index is 13.1. The average molecular weight is 263 g/mol. The molecular formula is C13H14FN3O2. The van der Waals surface area contributed by atoms with Gasteiger partial charge in [-0.2, -0.15) is 4.99 Å². The summed E-state index contributed by atoms with van der Waals surface area (Å²) in [6.07, 6.45) is 0.553. The fraction of sp³-hybridized carbons (Fsp3) is 0.308. The van der Waals surface area contributed by atoms with Crippen LogP contribution in [0.4, 0.5) is 4.39 Å². The highest BCUT2D eigenvalue weighted by atomic mass is 19.1. The summed E-state index contributed by atoms with van der Waals surface area (Å²) >= 11 is 0. The zero-order chi connectivity index (χ0) is 14.0. The molecule has 2 amide bonds. The molecule has 1 aromatic rings. The summed E-state index contributed by atoms with van der Waals surface area (Å²) in [5.74, 6) is -2.58. The molecule has 19 heavy (non-hydrogen) atoms. The first-order valence-electron chi connectivity index (χ1n) is 5.97. The molecule has 0 bridgehead atoms. The molecule has 5 nitrogen and oxygen atoms in total. The number of rotatable bonds is 3. The van der Waals surface area contributed by atoms with Crippen molar-refractivity contribution in [2.75, 3.05) is 0 Å². The molecule has 2 unspecified atom stereocenters. The van der Waals surface area contributed by atoms with Crippen LogP contribution in [0.5, 0.6) is 0 Å². The molecule has 1 aromatic carbocycles. The molecule has 2 rings (SSSR count). The number of carbonyl (C=O) groups is 2. The number of halogens is 1. The number of aliphatic imine (C=N–C) groups is 1. The Bertz CT molecular complexity index is 557. The highest BCUT2D eigenvalue weighted by Crippen LogP contribution is 2.21. The number of nitrogens with two attached hydrogens (primary N) is 1. The van der Waals surface area contributed by atoms with E-state index in [-0.39, 0.29) is 11.4 Å². The van der Waals surface area contributed by atoms with Gasteiger partial charge in [-0.15, -0.1) is 0 Å². The van der Waals surface area contributed by atoms with E-state index in [4.69, 9.17) is 5.73 Å². The second-order valence-corrected chi connectivity index (χ2v) is 4.33. The molecule has 0 radical (unpaired) electrons. The second kappa shape index (κ2) is 5.27. The van der Waals surface area contributed by atoms with Gasteiger partial charge >= 0.3 is 0 Å². The number of carbonyl (C=O) groups excluding carboxylic acids is 2. The minimum absolute atomic E-state index is 0.171. The monoisotopic (exact) mass is 263 g/mol. The summed E-state index contributed by atoms with van der Waals surface area (Å²) < 4.78 is 13.1. The van der Waals surface area contributed by atoms with Gasteiger partial charge in [-0.05, 0) is 24.1 Å². The van der Waals surface area contributed by atoms with Crippen LogP contribution in [0, 0.1) is 5.82 Å². The van der Waals surface area contributed by atoms with Gasteiger partial charge in [-0.3, -0.25) is 9.59 Å². The highest BCUT2D eigenvalue weighted by Gasteiger charge is 2.34. The van der Waals surface area contributed by atoms with Crippen LogP contribution < -0.4 is 11.1 Å². The third-order valence-electron chi connectivity index (χ3n) is 2.96. The average Bonchev–Trinajstić information content (AvgIpc) is 2.37. The molecule has 0 spiro atoms. The Kier molecular flexibility index (Phi) is 3.71. The van der Waals surface area contributed by atoms with Crippen LogP contribution in [0.15, 0.2) is 29.3 Å².